The molecule has 3 heterocycles. The van der Waals surface area contributed by atoms with Crippen molar-refractivity contribution in [3.8, 4) is 0 Å². The summed E-state index contributed by atoms with van der Waals surface area (Å²) in [6, 6.07) is 3.28. The molecule has 0 aromatic carbocycles. The first-order valence-corrected chi connectivity index (χ1v) is 8.46. The zero-order valence-electron chi connectivity index (χ0n) is 11.5. The Labute approximate surface area is 121 Å². The molecule has 0 N–H and O–H groups in total. The molecular formula is C13H15N3O4S. The molecule has 3 rings (SSSR count). The van der Waals surface area contributed by atoms with Crippen molar-refractivity contribution < 1.29 is 17.9 Å². The highest BCUT2D eigenvalue weighted by atomic mass is 32.2. The van der Waals surface area contributed by atoms with E-state index in [-0.39, 0.29) is 17.4 Å². The summed E-state index contributed by atoms with van der Waals surface area (Å²) in [5.41, 5.74) is 0.963. The summed E-state index contributed by atoms with van der Waals surface area (Å²) in [7, 11) is -1.72. The van der Waals surface area contributed by atoms with Gasteiger partial charge in [-0.15, -0.1) is 10.2 Å². The third-order valence-electron chi connectivity index (χ3n) is 3.68. The molecule has 1 atom stereocenters. The van der Waals surface area contributed by atoms with E-state index < -0.39 is 15.8 Å². The van der Waals surface area contributed by atoms with E-state index in [0.29, 0.717) is 23.5 Å². The standard InChI is InChI=1S/C13H15N3O4S/c1-20-13(17)9-4-5-11-14-15-12(16(11)7-9)10-3-2-6-21(18,19)8-10/h4-5,7,10H,2-3,6,8H2,1H3. The van der Waals surface area contributed by atoms with Crippen LogP contribution in [0.25, 0.3) is 5.65 Å². The summed E-state index contributed by atoms with van der Waals surface area (Å²) in [5.74, 6) is 0.252. The monoisotopic (exact) mass is 309 g/mol. The molecule has 0 spiro atoms. The Bertz CT molecular complexity index is 797. The quantitative estimate of drug-likeness (QED) is 0.762. The topological polar surface area (TPSA) is 90.6 Å². The number of ether oxygens (including phenoxy) is 1. The van der Waals surface area contributed by atoms with Gasteiger partial charge in [-0.1, -0.05) is 0 Å². The van der Waals surface area contributed by atoms with Crippen molar-refractivity contribution in [3.05, 3.63) is 29.7 Å². The number of hydrogen-bond acceptors (Lipinski definition) is 6. The van der Waals surface area contributed by atoms with E-state index in [1.54, 1.807) is 22.7 Å². The number of sulfone groups is 1. The maximum atomic E-state index is 11.8. The second-order valence-electron chi connectivity index (χ2n) is 5.15. The Morgan fingerprint density at radius 2 is 2.19 bits per heavy atom. The molecule has 2 aromatic rings. The van der Waals surface area contributed by atoms with Gasteiger partial charge in [0.25, 0.3) is 0 Å². The van der Waals surface area contributed by atoms with Crippen LogP contribution in [0, 0.1) is 0 Å². The zero-order chi connectivity index (χ0) is 15.0. The van der Waals surface area contributed by atoms with Crippen molar-refractivity contribution in [3.63, 3.8) is 0 Å². The van der Waals surface area contributed by atoms with Crippen molar-refractivity contribution >= 4 is 21.5 Å². The summed E-state index contributed by atoms with van der Waals surface area (Å²) in [6.45, 7) is 0. The molecule has 1 saturated heterocycles. The molecule has 1 unspecified atom stereocenters. The SMILES string of the molecule is COC(=O)c1ccc2nnc(C3CCCS(=O)(=O)C3)n2c1. The maximum absolute atomic E-state index is 11.8. The minimum absolute atomic E-state index is 0.0796. The molecule has 0 saturated carbocycles. The van der Waals surface area contributed by atoms with Gasteiger partial charge in [-0.2, -0.15) is 0 Å². The highest BCUT2D eigenvalue weighted by Crippen LogP contribution is 2.27. The summed E-state index contributed by atoms with van der Waals surface area (Å²) < 4.78 is 29.9. The van der Waals surface area contributed by atoms with Gasteiger partial charge in [-0.3, -0.25) is 4.40 Å². The van der Waals surface area contributed by atoms with Crippen LogP contribution in [0.5, 0.6) is 0 Å². The lowest BCUT2D eigenvalue weighted by Gasteiger charge is -2.20. The molecule has 2 aromatic heterocycles. The molecule has 8 heteroatoms. The lowest BCUT2D eigenvalue weighted by Crippen LogP contribution is -2.25. The largest absolute Gasteiger partial charge is 0.465 e. The average molecular weight is 309 g/mol. The van der Waals surface area contributed by atoms with Crippen LogP contribution in [0.1, 0.15) is 34.9 Å². The molecule has 21 heavy (non-hydrogen) atoms. The van der Waals surface area contributed by atoms with E-state index in [0.717, 1.165) is 6.42 Å². The van der Waals surface area contributed by atoms with Crippen molar-refractivity contribution in [2.24, 2.45) is 0 Å². The molecule has 7 nitrogen and oxygen atoms in total. The molecule has 112 valence electrons. The van der Waals surface area contributed by atoms with Gasteiger partial charge in [-0.25, -0.2) is 13.2 Å². The van der Waals surface area contributed by atoms with E-state index in [1.165, 1.54) is 7.11 Å². The van der Waals surface area contributed by atoms with Gasteiger partial charge >= 0.3 is 5.97 Å². The van der Waals surface area contributed by atoms with Gasteiger partial charge in [0.1, 0.15) is 5.82 Å². The van der Waals surface area contributed by atoms with Crippen LogP contribution in [0.15, 0.2) is 18.3 Å². The summed E-state index contributed by atoms with van der Waals surface area (Å²) in [6.07, 6.45) is 2.97. The minimum atomic E-state index is -3.03. The number of rotatable bonds is 2. The van der Waals surface area contributed by atoms with Crippen LogP contribution in [-0.2, 0) is 14.6 Å². The fourth-order valence-corrected chi connectivity index (χ4v) is 4.35. The van der Waals surface area contributed by atoms with Crippen LogP contribution in [-0.4, -0.2) is 47.6 Å². The fourth-order valence-electron chi connectivity index (χ4n) is 2.65. The Morgan fingerprint density at radius 3 is 2.90 bits per heavy atom. The van der Waals surface area contributed by atoms with E-state index in [1.807, 2.05) is 0 Å². The van der Waals surface area contributed by atoms with Gasteiger partial charge < -0.3 is 4.74 Å². The second-order valence-corrected chi connectivity index (χ2v) is 7.38. The van der Waals surface area contributed by atoms with E-state index in [9.17, 15) is 13.2 Å². The van der Waals surface area contributed by atoms with Crippen LogP contribution in [0.3, 0.4) is 0 Å². The predicted octanol–water partition coefficient (Wildman–Crippen LogP) is 0.808. The first-order valence-electron chi connectivity index (χ1n) is 6.63. The van der Waals surface area contributed by atoms with Crippen molar-refractivity contribution in [1.82, 2.24) is 14.6 Å². The number of carbonyl (C=O) groups is 1. The number of methoxy groups -OCH3 is 1. The number of esters is 1. The number of aromatic nitrogens is 3. The van der Waals surface area contributed by atoms with Crippen LogP contribution >= 0.6 is 0 Å². The third-order valence-corrected chi connectivity index (χ3v) is 5.50. The number of fused-ring (bicyclic) bond motifs is 1. The molecule has 0 bridgehead atoms. The molecular weight excluding hydrogens is 294 g/mol. The Hall–Kier alpha value is -1.96. The highest BCUT2D eigenvalue weighted by molar-refractivity contribution is 7.91. The van der Waals surface area contributed by atoms with E-state index in [2.05, 4.69) is 10.2 Å². The smallest absolute Gasteiger partial charge is 0.339 e. The first-order chi connectivity index (χ1) is 10.00. The summed E-state index contributed by atoms with van der Waals surface area (Å²) in [5, 5.41) is 8.14. The number of nitrogens with zero attached hydrogens (tertiary/aromatic N) is 3. The molecule has 1 fully saturated rings. The van der Waals surface area contributed by atoms with Crippen molar-refractivity contribution in [2.45, 2.75) is 18.8 Å². The van der Waals surface area contributed by atoms with Crippen molar-refractivity contribution in [1.29, 1.82) is 0 Å². The Morgan fingerprint density at radius 1 is 1.38 bits per heavy atom. The Balaban J connectivity index is 2.04. The molecule has 1 aliphatic rings. The minimum Gasteiger partial charge on any atom is -0.465 e. The fraction of sp³-hybridized carbons (Fsp3) is 0.462. The second kappa shape index (κ2) is 5.10. The van der Waals surface area contributed by atoms with Crippen LogP contribution in [0.4, 0.5) is 0 Å². The number of pyridine rings is 1. The van der Waals surface area contributed by atoms with E-state index >= 15 is 0 Å². The molecule has 1 aliphatic heterocycles. The predicted molar refractivity (Wildman–Crippen MR) is 75.0 cm³/mol. The molecule has 0 aliphatic carbocycles. The van der Waals surface area contributed by atoms with Crippen LogP contribution < -0.4 is 0 Å². The number of carbonyl (C=O) groups excluding carboxylic acids is 1. The lowest BCUT2D eigenvalue weighted by atomic mass is 10.0. The average Bonchev–Trinajstić information content (AvgIpc) is 2.88. The third kappa shape index (κ3) is 2.63. The summed E-state index contributed by atoms with van der Waals surface area (Å²) >= 11 is 0. The van der Waals surface area contributed by atoms with Gasteiger partial charge in [0.05, 0.1) is 24.2 Å². The molecule has 0 amide bonds. The molecule has 0 radical (unpaired) electrons. The Kier molecular flexibility index (Phi) is 3.40. The van der Waals surface area contributed by atoms with Gasteiger partial charge in [0.15, 0.2) is 15.5 Å². The highest BCUT2D eigenvalue weighted by Gasteiger charge is 2.29. The van der Waals surface area contributed by atoms with Crippen molar-refractivity contribution in [2.75, 3.05) is 18.6 Å². The number of hydrogen-bond donors (Lipinski definition) is 0. The van der Waals surface area contributed by atoms with Gasteiger partial charge in [0.2, 0.25) is 0 Å². The van der Waals surface area contributed by atoms with Gasteiger partial charge in [0, 0.05) is 12.1 Å². The summed E-state index contributed by atoms with van der Waals surface area (Å²) in [4.78, 5) is 11.6. The normalized spacial score (nSPS) is 21.3. The maximum Gasteiger partial charge on any atom is 0.339 e. The van der Waals surface area contributed by atoms with Crippen LogP contribution in [0.2, 0.25) is 0 Å². The lowest BCUT2D eigenvalue weighted by molar-refractivity contribution is 0.0600. The first kappa shape index (κ1) is 14.0. The van der Waals surface area contributed by atoms with E-state index in [4.69, 9.17) is 4.74 Å². The van der Waals surface area contributed by atoms with Gasteiger partial charge in [-0.05, 0) is 25.0 Å². The zero-order valence-corrected chi connectivity index (χ0v) is 12.3.